The highest BCUT2D eigenvalue weighted by Gasteiger charge is 2.36. The Balaban J connectivity index is 2.68. The second-order valence-electron chi connectivity index (χ2n) is 6.39. The van der Waals surface area contributed by atoms with Crippen LogP contribution in [0.1, 0.15) is 59.9 Å². The molecular weight excluding hydrogens is 254 g/mol. The molecule has 1 rings (SSSR count). The minimum absolute atomic E-state index is 0.0516. The van der Waals surface area contributed by atoms with Gasteiger partial charge in [0.05, 0.1) is 17.5 Å². The summed E-state index contributed by atoms with van der Waals surface area (Å²) in [7, 11) is 0. The summed E-state index contributed by atoms with van der Waals surface area (Å²) in [4.78, 5) is 16.3. The van der Waals surface area contributed by atoms with Gasteiger partial charge in [0.1, 0.15) is 0 Å². The molecule has 0 bridgehead atoms. The van der Waals surface area contributed by atoms with E-state index in [4.69, 9.17) is 0 Å². The second kappa shape index (κ2) is 6.39. The number of carbonyl (C=O) groups excluding carboxylic acids is 1. The van der Waals surface area contributed by atoms with Crippen molar-refractivity contribution in [1.29, 1.82) is 0 Å². The maximum Gasteiger partial charge on any atom is 0.222 e. The lowest BCUT2D eigenvalue weighted by Crippen LogP contribution is -2.57. The van der Waals surface area contributed by atoms with Crippen molar-refractivity contribution in [3.05, 3.63) is 18.7 Å². The van der Waals surface area contributed by atoms with E-state index in [1.54, 1.807) is 26.4 Å². The number of rotatable bonds is 7. The van der Waals surface area contributed by atoms with Crippen LogP contribution in [-0.4, -0.2) is 31.7 Å². The molecular formula is C15H27N3O2. The van der Waals surface area contributed by atoms with E-state index in [1.165, 1.54) is 0 Å². The fourth-order valence-corrected chi connectivity index (χ4v) is 1.94. The van der Waals surface area contributed by atoms with Crippen molar-refractivity contribution in [3.8, 4) is 0 Å². The number of hydrogen-bond acceptors (Lipinski definition) is 3. The fourth-order valence-electron chi connectivity index (χ4n) is 1.94. The van der Waals surface area contributed by atoms with Crippen molar-refractivity contribution in [2.75, 3.05) is 0 Å². The first-order valence-corrected chi connectivity index (χ1v) is 7.18. The Morgan fingerprint density at radius 2 is 2.05 bits per heavy atom. The second-order valence-corrected chi connectivity index (χ2v) is 6.39. The van der Waals surface area contributed by atoms with Crippen LogP contribution in [0.2, 0.25) is 0 Å². The van der Waals surface area contributed by atoms with Crippen molar-refractivity contribution in [3.63, 3.8) is 0 Å². The molecule has 0 fully saturated rings. The fraction of sp³-hybridized carbons (Fsp3) is 0.733. The Morgan fingerprint density at radius 3 is 2.50 bits per heavy atom. The van der Waals surface area contributed by atoms with Crippen molar-refractivity contribution < 1.29 is 9.90 Å². The zero-order valence-electron chi connectivity index (χ0n) is 13.2. The number of carbonyl (C=O) groups is 1. The number of nitrogens with zero attached hydrogens (tertiary/aromatic N) is 2. The number of nitrogens with one attached hydrogen (secondary N) is 1. The topological polar surface area (TPSA) is 67.2 Å². The third-order valence-corrected chi connectivity index (χ3v) is 3.97. The van der Waals surface area contributed by atoms with E-state index in [9.17, 15) is 9.90 Å². The van der Waals surface area contributed by atoms with Crippen LogP contribution in [0.3, 0.4) is 0 Å². The van der Waals surface area contributed by atoms with Gasteiger partial charge in [-0.1, -0.05) is 13.3 Å². The Kier molecular flexibility index (Phi) is 5.34. The lowest BCUT2D eigenvalue weighted by molar-refractivity contribution is -0.127. The Labute approximate surface area is 121 Å². The number of imidazole rings is 1. The maximum absolute atomic E-state index is 12.2. The predicted molar refractivity (Wildman–Crippen MR) is 79.3 cm³/mol. The van der Waals surface area contributed by atoms with Crippen LogP contribution >= 0.6 is 0 Å². The minimum atomic E-state index is -0.974. The van der Waals surface area contributed by atoms with Crippen molar-refractivity contribution in [2.45, 2.75) is 71.1 Å². The van der Waals surface area contributed by atoms with E-state index in [1.807, 2.05) is 24.6 Å². The van der Waals surface area contributed by atoms with Gasteiger partial charge < -0.3 is 15.0 Å². The number of aromatic nitrogens is 2. The molecule has 0 aliphatic heterocycles. The van der Waals surface area contributed by atoms with Gasteiger partial charge in [-0.3, -0.25) is 4.79 Å². The van der Waals surface area contributed by atoms with Crippen LogP contribution in [0.25, 0.3) is 0 Å². The molecule has 5 nitrogen and oxygen atoms in total. The minimum Gasteiger partial charge on any atom is -0.388 e. The Morgan fingerprint density at radius 1 is 1.40 bits per heavy atom. The summed E-state index contributed by atoms with van der Waals surface area (Å²) < 4.78 is 1.97. The first-order valence-electron chi connectivity index (χ1n) is 7.18. The molecule has 1 aromatic heterocycles. The summed E-state index contributed by atoms with van der Waals surface area (Å²) in [5.41, 5.74) is -1.65. The summed E-state index contributed by atoms with van der Waals surface area (Å²) in [5, 5.41) is 13.0. The monoisotopic (exact) mass is 281 g/mol. The van der Waals surface area contributed by atoms with Crippen LogP contribution in [0, 0.1) is 0 Å². The molecule has 1 unspecified atom stereocenters. The highest BCUT2D eigenvalue weighted by molar-refractivity contribution is 5.77. The molecule has 0 radical (unpaired) electrons. The smallest absolute Gasteiger partial charge is 0.222 e. The van der Waals surface area contributed by atoms with E-state index < -0.39 is 11.1 Å². The van der Waals surface area contributed by atoms with Crippen LogP contribution in [-0.2, 0) is 4.79 Å². The molecule has 114 valence electrons. The zero-order chi connectivity index (χ0) is 15.4. The highest BCUT2D eigenvalue weighted by atomic mass is 16.3. The Bertz CT molecular complexity index is 419. The quantitative estimate of drug-likeness (QED) is 0.805. The third-order valence-electron chi connectivity index (χ3n) is 3.97. The SMILES string of the molecule is CCCC(CC(=O)NC(C)(C)C(C)(C)O)n1ccnc1. The molecule has 0 aliphatic carbocycles. The number of amides is 1. The van der Waals surface area contributed by atoms with Gasteiger partial charge in [0, 0.05) is 24.9 Å². The van der Waals surface area contributed by atoms with Crippen LogP contribution in [0.5, 0.6) is 0 Å². The van der Waals surface area contributed by atoms with Crippen LogP contribution in [0.4, 0.5) is 0 Å². The standard InChI is InChI=1S/C15H27N3O2/c1-6-7-12(18-9-8-16-11-18)10-13(19)17-14(2,3)15(4,5)20/h8-9,11-12,20H,6-7,10H2,1-5H3,(H,17,19). The first kappa shape index (κ1) is 16.7. The van der Waals surface area contributed by atoms with Gasteiger partial charge in [-0.2, -0.15) is 0 Å². The number of hydrogen-bond donors (Lipinski definition) is 2. The molecule has 0 aliphatic rings. The molecule has 0 saturated heterocycles. The summed E-state index contributed by atoms with van der Waals surface area (Å²) in [6, 6.07) is 0.111. The maximum atomic E-state index is 12.2. The van der Waals surface area contributed by atoms with E-state index in [0.717, 1.165) is 12.8 Å². The Hall–Kier alpha value is -1.36. The van der Waals surface area contributed by atoms with E-state index >= 15 is 0 Å². The molecule has 1 atom stereocenters. The van der Waals surface area contributed by atoms with Gasteiger partial charge in [0.2, 0.25) is 5.91 Å². The molecule has 5 heteroatoms. The van der Waals surface area contributed by atoms with Crippen LogP contribution in [0.15, 0.2) is 18.7 Å². The number of aliphatic hydroxyl groups is 1. The van der Waals surface area contributed by atoms with Crippen LogP contribution < -0.4 is 5.32 Å². The molecule has 0 spiro atoms. The predicted octanol–water partition coefficient (Wildman–Crippen LogP) is 2.28. The lowest BCUT2D eigenvalue weighted by atomic mass is 9.85. The molecule has 1 aromatic rings. The van der Waals surface area contributed by atoms with Gasteiger partial charge in [0.25, 0.3) is 0 Å². The summed E-state index contributed by atoms with van der Waals surface area (Å²) in [5.74, 6) is -0.0516. The van der Waals surface area contributed by atoms with E-state index in [-0.39, 0.29) is 11.9 Å². The van der Waals surface area contributed by atoms with Gasteiger partial charge in [-0.05, 0) is 34.1 Å². The van der Waals surface area contributed by atoms with Crippen molar-refractivity contribution in [2.24, 2.45) is 0 Å². The molecule has 0 saturated carbocycles. The molecule has 20 heavy (non-hydrogen) atoms. The van der Waals surface area contributed by atoms with Crippen molar-refractivity contribution >= 4 is 5.91 Å². The third kappa shape index (κ3) is 4.34. The molecule has 1 heterocycles. The van der Waals surface area contributed by atoms with Crippen molar-refractivity contribution in [1.82, 2.24) is 14.9 Å². The van der Waals surface area contributed by atoms with Gasteiger partial charge in [-0.25, -0.2) is 4.98 Å². The lowest BCUT2D eigenvalue weighted by Gasteiger charge is -2.38. The zero-order valence-corrected chi connectivity index (χ0v) is 13.2. The van der Waals surface area contributed by atoms with E-state index in [2.05, 4.69) is 17.2 Å². The average Bonchev–Trinajstić information content (AvgIpc) is 2.79. The molecule has 1 amide bonds. The summed E-state index contributed by atoms with van der Waals surface area (Å²) in [6.07, 6.45) is 7.67. The largest absolute Gasteiger partial charge is 0.388 e. The first-order chi connectivity index (χ1) is 9.17. The summed E-state index contributed by atoms with van der Waals surface area (Å²) >= 11 is 0. The summed E-state index contributed by atoms with van der Waals surface area (Å²) in [6.45, 7) is 9.16. The molecule has 0 aromatic carbocycles. The van der Waals surface area contributed by atoms with Gasteiger partial charge >= 0.3 is 0 Å². The van der Waals surface area contributed by atoms with E-state index in [0.29, 0.717) is 6.42 Å². The highest BCUT2D eigenvalue weighted by Crippen LogP contribution is 2.22. The molecule has 2 N–H and O–H groups in total. The average molecular weight is 281 g/mol. The van der Waals surface area contributed by atoms with Gasteiger partial charge in [-0.15, -0.1) is 0 Å². The normalized spacial score (nSPS) is 14.1. The van der Waals surface area contributed by atoms with Gasteiger partial charge in [0.15, 0.2) is 0 Å².